The van der Waals surface area contributed by atoms with Crippen LogP contribution in [-0.2, 0) is 15.1 Å². The molecule has 0 aromatic heterocycles. The number of nitrogens with zero attached hydrogens (tertiary/aromatic N) is 1. The first-order chi connectivity index (χ1) is 13.5. The molecule has 1 fully saturated rings. The molecule has 0 radical (unpaired) electrons. The fraction of sp³-hybridized carbons (Fsp3) is 0.364. The number of para-hydroxylation sites is 1. The largest absolute Gasteiger partial charge is 0.375 e. The molecule has 0 aliphatic carbocycles. The maximum atomic E-state index is 13.3. The normalized spacial score (nSPS) is 22.4. The highest BCUT2D eigenvalue weighted by atomic mass is 16.5. The molecule has 2 aliphatic rings. The minimum absolute atomic E-state index is 0.244. The Bertz CT molecular complexity index is 890. The van der Waals surface area contributed by atoms with Crippen LogP contribution in [0.3, 0.4) is 0 Å². The molecule has 28 heavy (non-hydrogen) atoms. The molecule has 0 spiro atoms. The van der Waals surface area contributed by atoms with Crippen LogP contribution in [-0.4, -0.2) is 49.8 Å². The van der Waals surface area contributed by atoms with Crippen molar-refractivity contribution in [1.82, 2.24) is 0 Å². The fourth-order valence-electron chi connectivity index (χ4n) is 3.95. The van der Waals surface area contributed by atoms with Crippen molar-refractivity contribution in [2.24, 2.45) is 0 Å². The number of carbonyl (C=O) groups excluding carboxylic acids is 2. The summed E-state index contributed by atoms with van der Waals surface area (Å²) in [4.78, 5) is 28.9. The molecule has 2 aromatic carbocycles. The molecule has 2 N–H and O–H groups in total. The third-order valence-corrected chi connectivity index (χ3v) is 5.61. The molecule has 4 rings (SSSR count). The van der Waals surface area contributed by atoms with Crippen molar-refractivity contribution in [3.05, 3.63) is 65.2 Å². The molecule has 0 saturated carbocycles. The first-order valence-corrected chi connectivity index (χ1v) is 9.64. The molecule has 2 aliphatic heterocycles. The van der Waals surface area contributed by atoms with E-state index in [0.717, 1.165) is 18.7 Å². The monoisotopic (exact) mass is 381 g/mol. The van der Waals surface area contributed by atoms with Crippen molar-refractivity contribution in [2.75, 3.05) is 37.9 Å². The van der Waals surface area contributed by atoms with Gasteiger partial charge < -0.3 is 14.7 Å². The van der Waals surface area contributed by atoms with E-state index in [-0.39, 0.29) is 12.2 Å². The average molecular weight is 381 g/mol. The highest BCUT2D eigenvalue weighted by molar-refractivity contribution is 6.10. The van der Waals surface area contributed by atoms with Crippen molar-refractivity contribution >= 4 is 17.4 Å². The number of benzene rings is 2. The van der Waals surface area contributed by atoms with Crippen LogP contribution in [0, 0.1) is 6.92 Å². The maximum absolute atomic E-state index is 13.3. The van der Waals surface area contributed by atoms with Gasteiger partial charge in [0.2, 0.25) is 0 Å². The minimum Gasteiger partial charge on any atom is -0.375 e. The lowest BCUT2D eigenvalue weighted by atomic mass is 9.88. The Kier molecular flexibility index (Phi) is 5.02. The Balaban J connectivity index is 1.61. The number of anilines is 1. The lowest BCUT2D eigenvalue weighted by Gasteiger charge is -2.29. The summed E-state index contributed by atoms with van der Waals surface area (Å²) in [5.74, 6) is -0.667. The lowest BCUT2D eigenvalue weighted by Crippen LogP contribution is -3.15. The zero-order valence-electron chi connectivity index (χ0n) is 16.0. The van der Waals surface area contributed by atoms with Gasteiger partial charge in [-0.1, -0.05) is 48.0 Å². The molecule has 1 atom stereocenters. The first kappa shape index (κ1) is 18.8. The fourth-order valence-corrected chi connectivity index (χ4v) is 3.95. The Hall–Kier alpha value is -2.54. The molecule has 6 nitrogen and oxygen atoms in total. The summed E-state index contributed by atoms with van der Waals surface area (Å²) in [7, 11) is 0. The number of carbonyl (C=O) groups is 2. The van der Waals surface area contributed by atoms with Gasteiger partial charge >= 0.3 is 0 Å². The number of aliphatic hydroxyl groups is 1. The number of nitrogens with one attached hydrogen (secondary N) is 1. The highest BCUT2D eigenvalue weighted by Crippen LogP contribution is 2.42. The molecule has 0 unspecified atom stereocenters. The number of hydrogen-bond donors (Lipinski definition) is 2. The van der Waals surface area contributed by atoms with Gasteiger partial charge in [0.05, 0.1) is 25.3 Å². The highest BCUT2D eigenvalue weighted by Gasteiger charge is 2.51. The Morgan fingerprint density at radius 3 is 2.54 bits per heavy atom. The van der Waals surface area contributed by atoms with Crippen molar-refractivity contribution in [3.8, 4) is 0 Å². The zero-order chi connectivity index (χ0) is 19.7. The Morgan fingerprint density at radius 2 is 1.82 bits per heavy atom. The van der Waals surface area contributed by atoms with Crippen LogP contribution in [0.4, 0.5) is 5.69 Å². The number of rotatable bonds is 5. The van der Waals surface area contributed by atoms with E-state index in [9.17, 15) is 14.7 Å². The molecule has 2 heterocycles. The summed E-state index contributed by atoms with van der Waals surface area (Å²) in [6.45, 7) is 5.36. The summed E-state index contributed by atoms with van der Waals surface area (Å²) < 4.78 is 5.39. The van der Waals surface area contributed by atoms with E-state index >= 15 is 0 Å². The third kappa shape index (κ3) is 3.35. The Morgan fingerprint density at radius 1 is 1.14 bits per heavy atom. The molecular formula is C22H25N2O4+. The van der Waals surface area contributed by atoms with Gasteiger partial charge in [-0.05, 0) is 13.0 Å². The minimum atomic E-state index is -1.83. The second-order valence-electron chi connectivity index (χ2n) is 7.60. The number of ether oxygens (including phenoxy) is 1. The van der Waals surface area contributed by atoms with E-state index in [4.69, 9.17) is 4.74 Å². The smallest absolute Gasteiger partial charge is 0.268 e. The third-order valence-electron chi connectivity index (χ3n) is 5.61. The summed E-state index contributed by atoms with van der Waals surface area (Å²) >= 11 is 0. The maximum Gasteiger partial charge on any atom is 0.268 e. The van der Waals surface area contributed by atoms with Crippen molar-refractivity contribution in [3.63, 3.8) is 0 Å². The lowest BCUT2D eigenvalue weighted by molar-refractivity contribution is -0.906. The van der Waals surface area contributed by atoms with Crippen molar-refractivity contribution < 1.29 is 24.3 Å². The number of amides is 1. The Labute approximate surface area is 164 Å². The van der Waals surface area contributed by atoms with E-state index < -0.39 is 11.5 Å². The van der Waals surface area contributed by atoms with E-state index in [1.165, 1.54) is 4.90 Å². The molecule has 0 bridgehead atoms. The van der Waals surface area contributed by atoms with E-state index in [2.05, 4.69) is 0 Å². The van der Waals surface area contributed by atoms with Crippen molar-refractivity contribution in [1.29, 1.82) is 0 Å². The van der Waals surface area contributed by atoms with Crippen LogP contribution < -0.4 is 9.80 Å². The van der Waals surface area contributed by atoms with Gasteiger partial charge in [0, 0.05) is 11.1 Å². The second kappa shape index (κ2) is 7.47. The molecule has 2 aromatic rings. The number of hydrogen-bond acceptors (Lipinski definition) is 4. The second-order valence-corrected chi connectivity index (χ2v) is 7.60. The van der Waals surface area contributed by atoms with Gasteiger partial charge in [-0.3, -0.25) is 14.5 Å². The van der Waals surface area contributed by atoms with Gasteiger partial charge in [0.25, 0.3) is 5.91 Å². The quantitative estimate of drug-likeness (QED) is 0.747. The predicted octanol–water partition coefficient (Wildman–Crippen LogP) is 0.675. The van der Waals surface area contributed by atoms with E-state index in [0.29, 0.717) is 36.7 Å². The molecular weight excluding hydrogens is 356 g/mol. The van der Waals surface area contributed by atoms with Gasteiger partial charge in [-0.15, -0.1) is 0 Å². The van der Waals surface area contributed by atoms with Crippen LogP contribution in [0.15, 0.2) is 48.5 Å². The SMILES string of the molecule is Cc1ccc(C(=O)C[C@@]2(O)C(=O)N(C[NH+]3CCOCC3)c3ccccc32)cc1. The number of quaternary nitrogens is 1. The van der Waals surface area contributed by atoms with Crippen LogP contribution in [0.25, 0.3) is 0 Å². The zero-order valence-corrected chi connectivity index (χ0v) is 16.0. The predicted molar refractivity (Wildman–Crippen MR) is 104 cm³/mol. The molecule has 1 amide bonds. The van der Waals surface area contributed by atoms with Crippen molar-refractivity contribution in [2.45, 2.75) is 18.9 Å². The summed E-state index contributed by atoms with van der Waals surface area (Å²) in [5, 5.41) is 11.4. The summed E-state index contributed by atoms with van der Waals surface area (Å²) in [5.41, 5.74) is 0.919. The summed E-state index contributed by atoms with van der Waals surface area (Å²) in [6.07, 6.45) is -0.263. The first-order valence-electron chi connectivity index (χ1n) is 9.64. The number of Topliss-reactive ketones (excluding diaryl/α,β-unsaturated/α-hetero) is 1. The summed E-state index contributed by atoms with van der Waals surface area (Å²) in [6, 6.07) is 14.4. The van der Waals surface area contributed by atoms with Crippen LogP contribution in [0.1, 0.15) is 27.9 Å². The van der Waals surface area contributed by atoms with Gasteiger partial charge in [-0.25, -0.2) is 0 Å². The average Bonchev–Trinajstić information content (AvgIpc) is 2.91. The number of ketones is 1. The van der Waals surface area contributed by atoms with Crippen LogP contribution in [0.2, 0.25) is 0 Å². The topological polar surface area (TPSA) is 71.3 Å². The van der Waals surface area contributed by atoms with E-state index in [1.54, 1.807) is 29.2 Å². The number of aryl methyl sites for hydroxylation is 1. The molecule has 6 heteroatoms. The van der Waals surface area contributed by atoms with E-state index in [1.807, 2.05) is 31.2 Å². The van der Waals surface area contributed by atoms with Gasteiger partial charge in [0.15, 0.2) is 18.1 Å². The van der Waals surface area contributed by atoms with Gasteiger partial charge in [-0.2, -0.15) is 0 Å². The van der Waals surface area contributed by atoms with Gasteiger partial charge in [0.1, 0.15) is 13.1 Å². The number of fused-ring (bicyclic) bond motifs is 1. The molecule has 146 valence electrons. The number of morpholine rings is 1. The molecule has 1 saturated heterocycles. The standard InChI is InChI=1S/C22H24N2O4/c1-16-6-8-17(9-7-16)20(25)14-22(27)18-4-2-3-5-19(18)24(21(22)26)15-23-10-12-28-13-11-23/h2-9,27H,10-15H2,1H3/p+1/t22-/m0/s1. The van der Waals surface area contributed by atoms with Crippen LogP contribution in [0.5, 0.6) is 0 Å². The van der Waals surface area contributed by atoms with Crippen LogP contribution >= 0.6 is 0 Å².